The number of pyridine rings is 1. The molecule has 0 atom stereocenters. The molecule has 6 heteroatoms. The Morgan fingerprint density at radius 1 is 1.21 bits per heavy atom. The molecule has 6 nitrogen and oxygen atoms in total. The van der Waals surface area contributed by atoms with Crippen LogP contribution in [0, 0.1) is 0 Å². The van der Waals surface area contributed by atoms with Gasteiger partial charge < -0.3 is 9.84 Å². The summed E-state index contributed by atoms with van der Waals surface area (Å²) in [5.41, 5.74) is 4.18. The van der Waals surface area contributed by atoms with Crippen LogP contribution in [0.15, 0.2) is 59.8 Å². The number of phenols is 1. The summed E-state index contributed by atoms with van der Waals surface area (Å²) >= 11 is 0. The van der Waals surface area contributed by atoms with Crippen LogP contribution in [0.2, 0.25) is 0 Å². The highest BCUT2D eigenvalue weighted by molar-refractivity contribution is 6.01. The van der Waals surface area contributed by atoms with Gasteiger partial charge in [0.25, 0.3) is 5.91 Å². The molecule has 2 N–H and O–H groups in total. The molecule has 3 aromatic rings. The Hall–Kier alpha value is -3.41. The summed E-state index contributed by atoms with van der Waals surface area (Å²) in [5.74, 6) is 0.457. The number of nitrogens with one attached hydrogen (secondary N) is 1. The average molecular weight is 321 g/mol. The van der Waals surface area contributed by atoms with E-state index in [1.807, 2.05) is 6.07 Å². The highest BCUT2D eigenvalue weighted by Gasteiger charge is 2.06. The highest BCUT2D eigenvalue weighted by atomic mass is 16.5. The van der Waals surface area contributed by atoms with Crippen LogP contribution in [0.4, 0.5) is 0 Å². The van der Waals surface area contributed by atoms with E-state index in [1.165, 1.54) is 6.21 Å². The van der Waals surface area contributed by atoms with E-state index in [9.17, 15) is 9.90 Å². The Labute approximate surface area is 138 Å². The number of carbonyl (C=O) groups excluding carboxylic acids is 1. The molecule has 0 aliphatic rings. The van der Waals surface area contributed by atoms with E-state index in [2.05, 4.69) is 15.5 Å². The van der Waals surface area contributed by atoms with E-state index in [0.29, 0.717) is 16.8 Å². The lowest BCUT2D eigenvalue weighted by Gasteiger charge is -2.04. The van der Waals surface area contributed by atoms with Crippen molar-refractivity contribution >= 4 is 23.0 Å². The van der Waals surface area contributed by atoms with Crippen LogP contribution in [0.3, 0.4) is 0 Å². The van der Waals surface area contributed by atoms with Crippen LogP contribution in [-0.4, -0.2) is 29.3 Å². The maximum Gasteiger partial charge on any atom is 0.271 e. The maximum atomic E-state index is 12.0. The number of phenolic OH excluding ortho intramolecular Hbond substituents is 1. The Morgan fingerprint density at radius 2 is 2.00 bits per heavy atom. The number of aromatic hydroxyl groups is 1. The van der Waals surface area contributed by atoms with Gasteiger partial charge in [0.1, 0.15) is 17.0 Å². The second-order valence-corrected chi connectivity index (χ2v) is 5.00. The van der Waals surface area contributed by atoms with Gasteiger partial charge >= 0.3 is 0 Å². The lowest BCUT2D eigenvalue weighted by molar-refractivity contribution is 0.0955. The minimum Gasteiger partial charge on any atom is -0.506 e. The molecule has 0 radical (unpaired) electrons. The van der Waals surface area contributed by atoms with E-state index < -0.39 is 0 Å². The molecule has 0 unspecified atom stereocenters. The molecular weight excluding hydrogens is 306 g/mol. The topological polar surface area (TPSA) is 83.8 Å². The molecule has 0 saturated heterocycles. The Bertz CT molecular complexity index is 905. The number of nitrogens with zero attached hydrogens (tertiary/aromatic N) is 2. The first-order chi connectivity index (χ1) is 11.7. The SMILES string of the molecule is COc1ccc(C(=O)NN=Cc2ccc(O)c3ncccc23)cc1. The van der Waals surface area contributed by atoms with Crippen LogP contribution < -0.4 is 10.2 Å². The second kappa shape index (κ2) is 6.78. The number of hydrogen-bond donors (Lipinski definition) is 2. The number of methoxy groups -OCH3 is 1. The fourth-order valence-electron chi connectivity index (χ4n) is 2.26. The monoisotopic (exact) mass is 321 g/mol. The highest BCUT2D eigenvalue weighted by Crippen LogP contribution is 2.24. The largest absolute Gasteiger partial charge is 0.506 e. The minimum atomic E-state index is -0.324. The molecule has 2 aromatic carbocycles. The molecule has 1 aromatic heterocycles. The molecule has 0 spiro atoms. The van der Waals surface area contributed by atoms with Crippen molar-refractivity contribution in [3.63, 3.8) is 0 Å². The standard InChI is InChI=1S/C18H15N3O3/c1-24-14-7-4-12(5-8-14)18(23)21-20-11-13-6-9-16(22)17-15(13)3-2-10-19-17/h2-11,22H,1H3,(H,21,23). The maximum absolute atomic E-state index is 12.0. The summed E-state index contributed by atoms with van der Waals surface area (Å²) in [4.78, 5) is 16.2. The van der Waals surface area contributed by atoms with Crippen molar-refractivity contribution in [1.29, 1.82) is 0 Å². The van der Waals surface area contributed by atoms with Crippen LogP contribution in [0.25, 0.3) is 10.9 Å². The number of carbonyl (C=O) groups is 1. The smallest absolute Gasteiger partial charge is 0.271 e. The van der Waals surface area contributed by atoms with Crippen molar-refractivity contribution in [1.82, 2.24) is 10.4 Å². The number of hydrazone groups is 1. The Balaban J connectivity index is 1.76. The number of rotatable bonds is 4. The third-order valence-corrected chi connectivity index (χ3v) is 3.50. The van der Waals surface area contributed by atoms with Gasteiger partial charge in [0.2, 0.25) is 0 Å². The normalized spacial score (nSPS) is 10.9. The summed E-state index contributed by atoms with van der Waals surface area (Å²) in [6.45, 7) is 0. The fourth-order valence-corrected chi connectivity index (χ4v) is 2.26. The minimum absolute atomic E-state index is 0.102. The molecule has 24 heavy (non-hydrogen) atoms. The molecule has 3 rings (SSSR count). The molecule has 0 aliphatic carbocycles. The van der Waals surface area contributed by atoms with Gasteiger partial charge in [-0.05, 0) is 42.5 Å². The van der Waals surface area contributed by atoms with Gasteiger partial charge in [-0.3, -0.25) is 9.78 Å². The van der Waals surface area contributed by atoms with Crippen molar-refractivity contribution in [2.75, 3.05) is 7.11 Å². The zero-order valence-corrected chi connectivity index (χ0v) is 12.9. The third kappa shape index (κ3) is 3.17. The zero-order chi connectivity index (χ0) is 16.9. The number of aromatic nitrogens is 1. The van der Waals surface area contributed by atoms with E-state index in [-0.39, 0.29) is 11.7 Å². The fraction of sp³-hybridized carbons (Fsp3) is 0.0556. The Kier molecular flexibility index (Phi) is 4.38. The number of hydrogen-bond acceptors (Lipinski definition) is 5. The summed E-state index contributed by atoms with van der Waals surface area (Å²) in [5, 5.41) is 14.5. The average Bonchev–Trinajstić information content (AvgIpc) is 2.64. The molecule has 0 bridgehead atoms. The summed E-state index contributed by atoms with van der Waals surface area (Å²) < 4.78 is 5.05. The van der Waals surface area contributed by atoms with E-state index in [4.69, 9.17) is 4.74 Å². The van der Waals surface area contributed by atoms with E-state index >= 15 is 0 Å². The lowest BCUT2D eigenvalue weighted by Crippen LogP contribution is -2.17. The number of benzene rings is 2. The number of amides is 1. The van der Waals surface area contributed by atoms with Gasteiger partial charge in [0.05, 0.1) is 13.3 Å². The zero-order valence-electron chi connectivity index (χ0n) is 12.9. The predicted molar refractivity (Wildman–Crippen MR) is 91.5 cm³/mol. The number of ether oxygens (including phenoxy) is 1. The third-order valence-electron chi connectivity index (χ3n) is 3.50. The summed E-state index contributed by atoms with van der Waals surface area (Å²) in [6, 6.07) is 13.6. The van der Waals surface area contributed by atoms with Crippen molar-refractivity contribution < 1.29 is 14.6 Å². The van der Waals surface area contributed by atoms with Gasteiger partial charge in [-0.1, -0.05) is 6.07 Å². The van der Waals surface area contributed by atoms with Crippen molar-refractivity contribution in [3.05, 3.63) is 65.9 Å². The van der Waals surface area contributed by atoms with Crippen LogP contribution in [0.1, 0.15) is 15.9 Å². The Morgan fingerprint density at radius 3 is 2.75 bits per heavy atom. The first-order valence-corrected chi connectivity index (χ1v) is 7.23. The molecule has 0 saturated carbocycles. The molecule has 0 fully saturated rings. The van der Waals surface area contributed by atoms with E-state index in [0.717, 1.165) is 10.9 Å². The van der Waals surface area contributed by atoms with Gasteiger partial charge in [-0.15, -0.1) is 0 Å². The molecular formula is C18H15N3O3. The van der Waals surface area contributed by atoms with Crippen molar-refractivity contribution in [2.45, 2.75) is 0 Å². The van der Waals surface area contributed by atoms with Gasteiger partial charge in [-0.2, -0.15) is 5.10 Å². The quantitative estimate of drug-likeness (QED) is 0.571. The van der Waals surface area contributed by atoms with Crippen molar-refractivity contribution in [2.24, 2.45) is 5.10 Å². The number of fused-ring (bicyclic) bond motifs is 1. The van der Waals surface area contributed by atoms with Gasteiger partial charge in [0, 0.05) is 22.7 Å². The van der Waals surface area contributed by atoms with Crippen LogP contribution in [-0.2, 0) is 0 Å². The molecule has 120 valence electrons. The van der Waals surface area contributed by atoms with Gasteiger partial charge in [-0.25, -0.2) is 5.43 Å². The molecule has 0 aliphatic heterocycles. The van der Waals surface area contributed by atoms with Crippen LogP contribution in [0.5, 0.6) is 11.5 Å². The first-order valence-electron chi connectivity index (χ1n) is 7.23. The molecule has 1 heterocycles. The van der Waals surface area contributed by atoms with Gasteiger partial charge in [0.15, 0.2) is 0 Å². The van der Waals surface area contributed by atoms with Crippen molar-refractivity contribution in [3.8, 4) is 11.5 Å². The van der Waals surface area contributed by atoms with E-state index in [1.54, 1.807) is 55.8 Å². The summed E-state index contributed by atoms with van der Waals surface area (Å²) in [6.07, 6.45) is 3.12. The first kappa shape index (κ1) is 15.5. The summed E-state index contributed by atoms with van der Waals surface area (Å²) in [7, 11) is 1.57. The molecule has 1 amide bonds. The lowest BCUT2D eigenvalue weighted by atomic mass is 10.1. The van der Waals surface area contributed by atoms with Crippen LogP contribution >= 0.6 is 0 Å². The second-order valence-electron chi connectivity index (χ2n) is 5.00. The predicted octanol–water partition coefficient (Wildman–Crippen LogP) is 2.71.